The van der Waals surface area contributed by atoms with Crippen LogP contribution in [-0.4, -0.2) is 29.8 Å². The van der Waals surface area contributed by atoms with E-state index >= 15 is 0 Å². The van der Waals surface area contributed by atoms with E-state index in [0.717, 1.165) is 32.1 Å². The van der Waals surface area contributed by atoms with Crippen LogP contribution in [0.5, 0.6) is 0 Å². The number of nitrogens with one attached hydrogen (secondary N) is 2. The maximum absolute atomic E-state index is 12.1. The summed E-state index contributed by atoms with van der Waals surface area (Å²) in [5.41, 5.74) is 2.46. The Balaban J connectivity index is 1.81. The smallest absolute Gasteiger partial charge is 0.315 e. The molecule has 0 radical (unpaired) electrons. The zero-order chi connectivity index (χ0) is 16.9. The van der Waals surface area contributed by atoms with E-state index in [1.807, 2.05) is 0 Å². The second-order valence-electron chi connectivity index (χ2n) is 7.27. The standard InChI is InChI=1S/C19H30N2O2/c1-4-14-5-7-15(8-6-14)19(2,3)13-20-18(23)21-16-9-11-17(22)12-10-16/h5-8,16-17,22H,4,9-13H2,1-3H3,(H2,20,21,23). The number of hydrogen-bond acceptors (Lipinski definition) is 2. The van der Waals surface area contributed by atoms with Gasteiger partial charge in [-0.2, -0.15) is 0 Å². The summed E-state index contributed by atoms with van der Waals surface area (Å²) in [5.74, 6) is 0. The predicted molar refractivity (Wildman–Crippen MR) is 93.6 cm³/mol. The Morgan fingerprint density at radius 3 is 2.35 bits per heavy atom. The van der Waals surface area contributed by atoms with Crippen LogP contribution in [0.1, 0.15) is 57.6 Å². The first kappa shape index (κ1) is 17.8. The van der Waals surface area contributed by atoms with Gasteiger partial charge in [0.05, 0.1) is 6.10 Å². The first-order chi connectivity index (χ1) is 10.9. The number of urea groups is 1. The first-order valence-electron chi connectivity index (χ1n) is 8.72. The summed E-state index contributed by atoms with van der Waals surface area (Å²) in [6.45, 7) is 7.03. The molecule has 0 spiro atoms. The number of carbonyl (C=O) groups excluding carboxylic acids is 1. The fraction of sp³-hybridized carbons (Fsp3) is 0.632. The van der Waals surface area contributed by atoms with Crippen LogP contribution in [0.4, 0.5) is 4.79 Å². The van der Waals surface area contributed by atoms with Crippen molar-refractivity contribution in [2.45, 2.75) is 70.4 Å². The molecule has 128 valence electrons. The minimum absolute atomic E-state index is 0.105. The molecule has 1 fully saturated rings. The minimum Gasteiger partial charge on any atom is -0.393 e. The minimum atomic E-state index is -0.193. The average molecular weight is 318 g/mol. The lowest BCUT2D eigenvalue weighted by atomic mass is 9.84. The molecule has 1 aromatic carbocycles. The SMILES string of the molecule is CCc1ccc(C(C)(C)CNC(=O)NC2CCC(O)CC2)cc1. The second-order valence-corrected chi connectivity index (χ2v) is 7.27. The number of carbonyl (C=O) groups is 1. The maximum atomic E-state index is 12.1. The van der Waals surface area contributed by atoms with Crippen molar-refractivity contribution >= 4 is 6.03 Å². The molecule has 0 bridgehead atoms. The Morgan fingerprint density at radius 2 is 1.78 bits per heavy atom. The fourth-order valence-electron chi connectivity index (χ4n) is 3.05. The van der Waals surface area contributed by atoms with Crippen molar-refractivity contribution in [3.8, 4) is 0 Å². The van der Waals surface area contributed by atoms with Crippen LogP contribution in [-0.2, 0) is 11.8 Å². The maximum Gasteiger partial charge on any atom is 0.315 e. The predicted octanol–water partition coefficient (Wildman–Crippen LogP) is 3.13. The van der Waals surface area contributed by atoms with Crippen molar-refractivity contribution in [1.29, 1.82) is 0 Å². The monoisotopic (exact) mass is 318 g/mol. The van der Waals surface area contributed by atoms with Crippen LogP contribution in [0, 0.1) is 0 Å². The number of benzene rings is 1. The summed E-state index contributed by atoms with van der Waals surface area (Å²) in [6.07, 6.45) is 4.12. The largest absolute Gasteiger partial charge is 0.393 e. The lowest BCUT2D eigenvalue weighted by Crippen LogP contribution is -2.47. The molecular formula is C19H30N2O2. The van der Waals surface area contributed by atoms with E-state index < -0.39 is 0 Å². The number of amides is 2. The van der Waals surface area contributed by atoms with Crippen LogP contribution >= 0.6 is 0 Å². The van der Waals surface area contributed by atoms with Gasteiger partial charge in [-0.05, 0) is 43.2 Å². The van der Waals surface area contributed by atoms with Crippen molar-refractivity contribution in [3.63, 3.8) is 0 Å². The van der Waals surface area contributed by atoms with Crippen LogP contribution in [0.15, 0.2) is 24.3 Å². The van der Waals surface area contributed by atoms with E-state index in [2.05, 4.69) is 55.7 Å². The summed E-state index contributed by atoms with van der Waals surface area (Å²) in [6, 6.07) is 8.70. The van der Waals surface area contributed by atoms with Gasteiger partial charge in [-0.1, -0.05) is 45.0 Å². The highest BCUT2D eigenvalue weighted by Gasteiger charge is 2.23. The molecule has 1 aromatic rings. The van der Waals surface area contributed by atoms with E-state index in [1.54, 1.807) is 0 Å². The van der Waals surface area contributed by atoms with Crippen LogP contribution in [0.2, 0.25) is 0 Å². The van der Waals surface area contributed by atoms with Crippen molar-refractivity contribution in [2.75, 3.05) is 6.54 Å². The highest BCUT2D eigenvalue weighted by molar-refractivity contribution is 5.74. The molecule has 4 heteroatoms. The van der Waals surface area contributed by atoms with Gasteiger partial charge in [0.2, 0.25) is 0 Å². The lowest BCUT2D eigenvalue weighted by molar-refractivity contribution is 0.117. The summed E-state index contributed by atoms with van der Waals surface area (Å²) >= 11 is 0. The van der Waals surface area contributed by atoms with E-state index in [0.29, 0.717) is 6.54 Å². The van der Waals surface area contributed by atoms with Gasteiger partial charge in [0.1, 0.15) is 0 Å². The van der Waals surface area contributed by atoms with E-state index in [4.69, 9.17) is 0 Å². The van der Waals surface area contributed by atoms with E-state index in [-0.39, 0.29) is 23.6 Å². The third-order valence-corrected chi connectivity index (χ3v) is 4.87. The van der Waals surface area contributed by atoms with Gasteiger partial charge in [-0.15, -0.1) is 0 Å². The highest BCUT2D eigenvalue weighted by atomic mass is 16.3. The summed E-state index contributed by atoms with van der Waals surface area (Å²) < 4.78 is 0. The zero-order valence-electron chi connectivity index (χ0n) is 14.6. The Kier molecular flexibility index (Phi) is 6.05. The molecule has 0 atom stereocenters. The Bertz CT molecular complexity index is 503. The third kappa shape index (κ3) is 5.24. The summed E-state index contributed by atoms with van der Waals surface area (Å²) in [4.78, 5) is 12.1. The molecule has 0 aliphatic heterocycles. The third-order valence-electron chi connectivity index (χ3n) is 4.87. The topological polar surface area (TPSA) is 61.4 Å². The number of rotatable bonds is 5. The van der Waals surface area contributed by atoms with Crippen LogP contribution in [0.3, 0.4) is 0 Å². The molecule has 0 aromatic heterocycles. The fourth-order valence-corrected chi connectivity index (χ4v) is 3.05. The number of aryl methyl sites for hydroxylation is 1. The van der Waals surface area contributed by atoms with Crippen molar-refractivity contribution < 1.29 is 9.90 Å². The average Bonchev–Trinajstić information content (AvgIpc) is 2.55. The molecule has 1 aliphatic carbocycles. The summed E-state index contributed by atoms with van der Waals surface area (Å²) in [7, 11) is 0. The molecule has 2 amide bonds. The van der Waals surface area contributed by atoms with Gasteiger partial charge in [0, 0.05) is 18.0 Å². The molecule has 0 saturated heterocycles. The Hall–Kier alpha value is -1.55. The quantitative estimate of drug-likeness (QED) is 0.781. The second kappa shape index (κ2) is 7.82. The van der Waals surface area contributed by atoms with Gasteiger partial charge in [-0.3, -0.25) is 0 Å². The summed E-state index contributed by atoms with van der Waals surface area (Å²) in [5, 5.41) is 15.5. The molecule has 1 aliphatic rings. The van der Waals surface area contributed by atoms with Gasteiger partial charge >= 0.3 is 6.03 Å². The molecular weight excluding hydrogens is 288 g/mol. The van der Waals surface area contributed by atoms with Gasteiger partial charge in [-0.25, -0.2) is 4.79 Å². The molecule has 1 saturated carbocycles. The van der Waals surface area contributed by atoms with Gasteiger partial charge in [0.25, 0.3) is 0 Å². The first-order valence-corrected chi connectivity index (χ1v) is 8.72. The molecule has 23 heavy (non-hydrogen) atoms. The van der Waals surface area contributed by atoms with Crippen LogP contribution < -0.4 is 10.6 Å². The normalized spacial score (nSPS) is 21.7. The number of aliphatic hydroxyl groups is 1. The lowest BCUT2D eigenvalue weighted by Gasteiger charge is -2.29. The van der Waals surface area contributed by atoms with E-state index in [1.165, 1.54) is 11.1 Å². The van der Waals surface area contributed by atoms with Crippen LogP contribution in [0.25, 0.3) is 0 Å². The van der Waals surface area contributed by atoms with Gasteiger partial charge < -0.3 is 15.7 Å². The molecule has 0 heterocycles. The number of aliphatic hydroxyl groups excluding tert-OH is 1. The number of hydrogen-bond donors (Lipinski definition) is 3. The van der Waals surface area contributed by atoms with Gasteiger partial charge in [0.15, 0.2) is 0 Å². The Labute approximate surface area is 139 Å². The highest BCUT2D eigenvalue weighted by Crippen LogP contribution is 2.23. The van der Waals surface area contributed by atoms with E-state index in [9.17, 15) is 9.90 Å². The molecule has 0 unspecified atom stereocenters. The van der Waals surface area contributed by atoms with Crippen molar-refractivity contribution in [3.05, 3.63) is 35.4 Å². The molecule has 3 N–H and O–H groups in total. The zero-order valence-corrected chi connectivity index (χ0v) is 14.6. The molecule has 2 rings (SSSR count). The molecule has 4 nitrogen and oxygen atoms in total. The Morgan fingerprint density at radius 1 is 1.17 bits per heavy atom. The van der Waals surface area contributed by atoms with Crippen molar-refractivity contribution in [2.24, 2.45) is 0 Å². The van der Waals surface area contributed by atoms with Crippen molar-refractivity contribution in [1.82, 2.24) is 10.6 Å².